The topological polar surface area (TPSA) is 105 Å². The first-order valence-corrected chi connectivity index (χ1v) is 9.29. The van der Waals surface area contributed by atoms with E-state index in [0.717, 1.165) is 0 Å². The van der Waals surface area contributed by atoms with Crippen molar-refractivity contribution in [2.45, 2.75) is 25.4 Å². The standard InChI is InChI=1S/C21H19N3O5/c1-2-29-19(27)13-7-9-14(10-8-13)22-20(28)21-12-11-17(25)24(21)16-6-4-3-5-15(16)18(26)23-21/h3-10H,2,11-12H2,1H3,(H,22,28)(H,23,26)/t21-/m1/s1. The summed E-state index contributed by atoms with van der Waals surface area (Å²) in [6.45, 7) is 1.99. The Morgan fingerprint density at radius 3 is 2.59 bits per heavy atom. The summed E-state index contributed by atoms with van der Waals surface area (Å²) in [5.41, 5.74) is 0.0874. The number of fused-ring (bicyclic) bond motifs is 3. The van der Waals surface area contributed by atoms with Gasteiger partial charge < -0.3 is 15.4 Å². The van der Waals surface area contributed by atoms with Crippen LogP contribution in [0.4, 0.5) is 11.4 Å². The van der Waals surface area contributed by atoms with E-state index in [4.69, 9.17) is 4.74 Å². The third-order valence-electron chi connectivity index (χ3n) is 5.07. The molecule has 3 amide bonds. The van der Waals surface area contributed by atoms with Gasteiger partial charge in [0.25, 0.3) is 11.8 Å². The van der Waals surface area contributed by atoms with Crippen molar-refractivity contribution in [2.24, 2.45) is 0 Å². The number of benzene rings is 2. The maximum Gasteiger partial charge on any atom is 0.338 e. The van der Waals surface area contributed by atoms with Crippen molar-refractivity contribution in [3.8, 4) is 0 Å². The number of amides is 3. The summed E-state index contributed by atoms with van der Waals surface area (Å²) < 4.78 is 4.94. The molecule has 0 aromatic heterocycles. The van der Waals surface area contributed by atoms with E-state index >= 15 is 0 Å². The summed E-state index contributed by atoms with van der Waals surface area (Å²) in [5, 5.41) is 5.47. The molecule has 8 heteroatoms. The van der Waals surface area contributed by atoms with E-state index in [1.807, 2.05) is 0 Å². The number of carbonyl (C=O) groups excluding carboxylic acids is 4. The molecule has 4 rings (SSSR count). The van der Waals surface area contributed by atoms with Crippen LogP contribution in [0.3, 0.4) is 0 Å². The van der Waals surface area contributed by atoms with Gasteiger partial charge in [-0.05, 0) is 43.3 Å². The van der Waals surface area contributed by atoms with Gasteiger partial charge >= 0.3 is 5.97 Å². The molecular weight excluding hydrogens is 374 g/mol. The smallest absolute Gasteiger partial charge is 0.338 e. The third kappa shape index (κ3) is 3.02. The fourth-order valence-electron chi connectivity index (χ4n) is 3.71. The molecule has 0 unspecified atom stereocenters. The first-order valence-electron chi connectivity index (χ1n) is 9.29. The van der Waals surface area contributed by atoms with Crippen molar-refractivity contribution >= 4 is 35.1 Å². The number of para-hydroxylation sites is 1. The number of anilines is 2. The van der Waals surface area contributed by atoms with E-state index < -0.39 is 23.4 Å². The van der Waals surface area contributed by atoms with Crippen molar-refractivity contribution in [1.29, 1.82) is 0 Å². The summed E-state index contributed by atoms with van der Waals surface area (Å²) in [7, 11) is 0. The highest BCUT2D eigenvalue weighted by atomic mass is 16.5. The van der Waals surface area contributed by atoms with Gasteiger partial charge in [0.05, 0.1) is 23.4 Å². The van der Waals surface area contributed by atoms with Crippen LogP contribution in [-0.4, -0.2) is 36.0 Å². The van der Waals surface area contributed by atoms with E-state index in [1.165, 1.54) is 17.0 Å². The highest BCUT2D eigenvalue weighted by Gasteiger charge is 2.56. The Kier molecular flexibility index (Phi) is 4.54. The maximum atomic E-state index is 13.2. The van der Waals surface area contributed by atoms with Crippen LogP contribution in [0, 0.1) is 0 Å². The molecule has 0 bridgehead atoms. The van der Waals surface area contributed by atoms with Crippen LogP contribution in [0.5, 0.6) is 0 Å². The summed E-state index contributed by atoms with van der Waals surface area (Å²) in [4.78, 5) is 51.5. The fraction of sp³-hybridized carbons (Fsp3) is 0.238. The van der Waals surface area contributed by atoms with Crippen LogP contribution < -0.4 is 15.5 Å². The van der Waals surface area contributed by atoms with Gasteiger partial charge in [-0.3, -0.25) is 19.3 Å². The molecule has 29 heavy (non-hydrogen) atoms. The van der Waals surface area contributed by atoms with Gasteiger partial charge in [-0.1, -0.05) is 12.1 Å². The minimum atomic E-state index is -1.48. The molecule has 1 atom stereocenters. The highest BCUT2D eigenvalue weighted by molar-refractivity contribution is 6.18. The summed E-state index contributed by atoms with van der Waals surface area (Å²) in [6.07, 6.45) is 0.308. The van der Waals surface area contributed by atoms with E-state index in [9.17, 15) is 19.2 Å². The Labute approximate surface area is 166 Å². The lowest BCUT2D eigenvalue weighted by atomic mass is 9.98. The number of hydrogen-bond donors (Lipinski definition) is 2. The number of ether oxygens (including phenoxy) is 1. The largest absolute Gasteiger partial charge is 0.462 e. The Bertz CT molecular complexity index is 1020. The average Bonchev–Trinajstić information content (AvgIpc) is 3.06. The summed E-state index contributed by atoms with van der Waals surface area (Å²) in [5.74, 6) is -1.60. The second-order valence-corrected chi connectivity index (χ2v) is 6.81. The van der Waals surface area contributed by atoms with Crippen molar-refractivity contribution in [3.05, 3.63) is 59.7 Å². The lowest BCUT2D eigenvalue weighted by Gasteiger charge is -2.41. The van der Waals surface area contributed by atoms with Crippen LogP contribution >= 0.6 is 0 Å². The molecule has 2 heterocycles. The Morgan fingerprint density at radius 2 is 1.86 bits per heavy atom. The third-order valence-corrected chi connectivity index (χ3v) is 5.07. The molecule has 2 aliphatic heterocycles. The van der Waals surface area contributed by atoms with E-state index in [1.54, 1.807) is 43.3 Å². The van der Waals surface area contributed by atoms with Crippen LogP contribution in [0.25, 0.3) is 0 Å². The Hall–Kier alpha value is -3.68. The second kappa shape index (κ2) is 7.05. The molecule has 2 aliphatic rings. The summed E-state index contributed by atoms with van der Waals surface area (Å²) >= 11 is 0. The van der Waals surface area contributed by atoms with Crippen molar-refractivity contribution in [1.82, 2.24) is 5.32 Å². The van der Waals surface area contributed by atoms with E-state index in [-0.39, 0.29) is 25.4 Å². The van der Waals surface area contributed by atoms with Gasteiger partial charge in [-0.2, -0.15) is 0 Å². The first kappa shape index (κ1) is 18.7. The molecule has 1 fully saturated rings. The quantitative estimate of drug-likeness (QED) is 0.774. The number of nitrogens with zero attached hydrogens (tertiary/aromatic N) is 1. The minimum absolute atomic E-state index is 0.143. The summed E-state index contributed by atoms with van der Waals surface area (Å²) in [6, 6.07) is 12.9. The maximum absolute atomic E-state index is 13.2. The van der Waals surface area contributed by atoms with Crippen molar-refractivity contribution in [3.63, 3.8) is 0 Å². The van der Waals surface area contributed by atoms with Crippen LogP contribution in [-0.2, 0) is 14.3 Å². The zero-order chi connectivity index (χ0) is 20.6. The molecule has 0 saturated carbocycles. The van der Waals surface area contributed by atoms with Gasteiger partial charge in [0.15, 0.2) is 0 Å². The molecule has 2 N–H and O–H groups in total. The zero-order valence-corrected chi connectivity index (χ0v) is 15.7. The first-order chi connectivity index (χ1) is 14.0. The van der Waals surface area contributed by atoms with Gasteiger partial charge in [0.1, 0.15) is 0 Å². The number of rotatable bonds is 4. The molecule has 2 aromatic rings. The predicted octanol–water partition coefficient (Wildman–Crippen LogP) is 2.07. The lowest BCUT2D eigenvalue weighted by molar-refractivity contribution is -0.124. The molecule has 0 radical (unpaired) electrons. The van der Waals surface area contributed by atoms with Crippen LogP contribution in [0.15, 0.2) is 48.5 Å². The molecule has 0 aliphatic carbocycles. The highest BCUT2D eigenvalue weighted by Crippen LogP contribution is 2.39. The fourth-order valence-corrected chi connectivity index (χ4v) is 3.71. The predicted molar refractivity (Wildman–Crippen MR) is 104 cm³/mol. The van der Waals surface area contributed by atoms with Gasteiger partial charge in [0, 0.05) is 18.5 Å². The zero-order valence-electron chi connectivity index (χ0n) is 15.7. The van der Waals surface area contributed by atoms with Crippen molar-refractivity contribution in [2.75, 3.05) is 16.8 Å². The van der Waals surface area contributed by atoms with Crippen molar-refractivity contribution < 1.29 is 23.9 Å². The average molecular weight is 393 g/mol. The van der Waals surface area contributed by atoms with Crippen LogP contribution in [0.1, 0.15) is 40.5 Å². The van der Waals surface area contributed by atoms with E-state index in [0.29, 0.717) is 22.5 Å². The SMILES string of the molecule is CCOC(=O)c1ccc(NC(=O)[C@@]23CCC(=O)N2c2ccccc2C(=O)N3)cc1. The van der Waals surface area contributed by atoms with Gasteiger partial charge in [-0.15, -0.1) is 0 Å². The Balaban J connectivity index is 1.62. The molecule has 2 aromatic carbocycles. The molecule has 8 nitrogen and oxygen atoms in total. The number of hydrogen-bond acceptors (Lipinski definition) is 5. The number of carbonyl (C=O) groups is 4. The lowest BCUT2D eigenvalue weighted by Crippen LogP contribution is -2.68. The minimum Gasteiger partial charge on any atom is -0.462 e. The number of esters is 1. The van der Waals surface area contributed by atoms with Crippen LogP contribution in [0.2, 0.25) is 0 Å². The molecule has 0 spiro atoms. The molecular formula is C21H19N3O5. The molecule has 148 valence electrons. The number of nitrogens with one attached hydrogen (secondary N) is 2. The monoisotopic (exact) mass is 393 g/mol. The van der Waals surface area contributed by atoms with E-state index in [2.05, 4.69) is 10.6 Å². The van der Waals surface area contributed by atoms with Gasteiger partial charge in [-0.25, -0.2) is 4.79 Å². The normalized spacial score (nSPS) is 19.8. The second-order valence-electron chi connectivity index (χ2n) is 6.81. The van der Waals surface area contributed by atoms with Gasteiger partial charge in [0.2, 0.25) is 11.6 Å². The Morgan fingerprint density at radius 1 is 1.14 bits per heavy atom. The molecule has 1 saturated heterocycles.